The van der Waals surface area contributed by atoms with Gasteiger partial charge in [-0.2, -0.15) is 0 Å². The van der Waals surface area contributed by atoms with E-state index >= 15 is 0 Å². The molecule has 2 atom stereocenters. The van der Waals surface area contributed by atoms with E-state index in [0.717, 1.165) is 0 Å². The summed E-state index contributed by atoms with van der Waals surface area (Å²) in [7, 11) is 0. The molecule has 4 nitrogen and oxygen atoms in total. The highest BCUT2D eigenvalue weighted by molar-refractivity contribution is 6.03. The topological polar surface area (TPSA) is 61.6 Å². The highest BCUT2D eigenvalue weighted by Gasteiger charge is 2.26. The Labute approximate surface area is 98.5 Å². The van der Waals surface area contributed by atoms with Crippen LogP contribution in [-0.2, 0) is 0 Å². The molecule has 17 heavy (non-hydrogen) atoms. The molecule has 0 bridgehead atoms. The molecule has 0 saturated carbocycles. The lowest BCUT2D eigenvalue weighted by molar-refractivity contribution is 0.0963. The van der Waals surface area contributed by atoms with Crippen LogP contribution in [0.1, 0.15) is 35.9 Å². The molecule has 2 N–H and O–H groups in total. The van der Waals surface area contributed by atoms with Gasteiger partial charge in [-0.25, -0.2) is 4.39 Å². The van der Waals surface area contributed by atoms with E-state index in [1.54, 1.807) is 13.0 Å². The summed E-state index contributed by atoms with van der Waals surface area (Å²) in [6.45, 7) is 3.02. The first-order chi connectivity index (χ1) is 8.00. The number of nitrogens with two attached hydrogens (primary N) is 1. The van der Waals surface area contributed by atoms with Crippen LogP contribution in [0, 0.1) is 0 Å². The number of rotatable bonds is 3. The molecule has 92 valence electrons. The fraction of sp³-hybridized carbons (Fsp3) is 0.417. The summed E-state index contributed by atoms with van der Waals surface area (Å²) < 4.78 is 23.7. The number of hydrogen-bond acceptors (Lipinski definition) is 4. The molecular weight excluding hydrogens is 225 g/mol. The van der Waals surface area contributed by atoms with Crippen LogP contribution < -0.4 is 15.2 Å². The largest absolute Gasteiger partial charge is 0.454 e. The quantitative estimate of drug-likeness (QED) is 0.819. The minimum absolute atomic E-state index is 0.0404. The maximum atomic E-state index is 13.3. The van der Waals surface area contributed by atoms with Crippen LogP contribution in [0.5, 0.6) is 11.5 Å². The molecule has 1 aliphatic heterocycles. The Bertz CT molecular complexity index is 457. The van der Waals surface area contributed by atoms with Crippen LogP contribution in [0.3, 0.4) is 0 Å². The first-order valence-corrected chi connectivity index (χ1v) is 5.38. The van der Waals surface area contributed by atoms with Gasteiger partial charge in [-0.15, -0.1) is 0 Å². The maximum Gasteiger partial charge on any atom is 0.231 e. The predicted octanol–water partition coefficient (Wildman–Crippen LogP) is 1.98. The van der Waals surface area contributed by atoms with Crippen LogP contribution in [0.4, 0.5) is 4.39 Å². The highest BCUT2D eigenvalue weighted by atomic mass is 19.1. The van der Waals surface area contributed by atoms with Gasteiger partial charge in [-0.1, -0.05) is 0 Å². The van der Waals surface area contributed by atoms with Gasteiger partial charge in [-0.3, -0.25) is 4.79 Å². The minimum atomic E-state index is -1.18. The number of alkyl halides is 1. The monoisotopic (exact) mass is 239 g/mol. The highest BCUT2D eigenvalue weighted by Crippen LogP contribution is 2.39. The van der Waals surface area contributed by atoms with Gasteiger partial charge in [0.25, 0.3) is 0 Å². The summed E-state index contributed by atoms with van der Waals surface area (Å²) in [4.78, 5) is 11.9. The molecule has 2 rings (SSSR count). The Hall–Kier alpha value is -1.62. The fourth-order valence-corrected chi connectivity index (χ4v) is 1.69. The zero-order chi connectivity index (χ0) is 12.6. The summed E-state index contributed by atoms with van der Waals surface area (Å²) in [6.07, 6.45) is -1.18. The Morgan fingerprint density at radius 2 is 2.12 bits per heavy atom. The van der Waals surface area contributed by atoms with E-state index in [-0.39, 0.29) is 18.1 Å². The number of Topliss-reactive ketones (excluding diaryl/α,β-unsaturated/α-hetero) is 1. The summed E-state index contributed by atoms with van der Waals surface area (Å²) in [6, 6.07) is 2.36. The summed E-state index contributed by atoms with van der Waals surface area (Å²) >= 11 is 0. The minimum Gasteiger partial charge on any atom is -0.454 e. The predicted molar refractivity (Wildman–Crippen MR) is 60.1 cm³/mol. The Balaban J connectivity index is 2.53. The van der Waals surface area contributed by atoms with Crippen molar-refractivity contribution in [2.24, 2.45) is 5.73 Å². The number of ketones is 1. The van der Waals surface area contributed by atoms with Gasteiger partial charge in [0.15, 0.2) is 17.3 Å². The van der Waals surface area contributed by atoms with Crippen molar-refractivity contribution in [1.82, 2.24) is 0 Å². The van der Waals surface area contributed by atoms with Crippen LogP contribution in [0.15, 0.2) is 12.1 Å². The Morgan fingerprint density at radius 1 is 1.41 bits per heavy atom. The lowest BCUT2D eigenvalue weighted by Gasteiger charge is -2.11. The van der Waals surface area contributed by atoms with Crippen molar-refractivity contribution in [3.05, 3.63) is 23.3 Å². The third-order valence-electron chi connectivity index (χ3n) is 2.63. The van der Waals surface area contributed by atoms with Crippen molar-refractivity contribution in [3.63, 3.8) is 0 Å². The lowest BCUT2D eigenvalue weighted by atomic mass is 10.00. The average molecular weight is 239 g/mol. The van der Waals surface area contributed by atoms with Crippen molar-refractivity contribution in [1.29, 1.82) is 0 Å². The standard InChI is InChI=1S/C12H14FNO3/c1-6(13)8-3-9(11(15)7(2)14)12-10(4-8)16-5-17-12/h3-4,6-7H,5,14H2,1-2H3. The van der Waals surface area contributed by atoms with Crippen molar-refractivity contribution in [3.8, 4) is 11.5 Å². The van der Waals surface area contributed by atoms with Gasteiger partial charge in [-0.05, 0) is 31.5 Å². The molecule has 2 unspecified atom stereocenters. The van der Waals surface area contributed by atoms with E-state index in [2.05, 4.69) is 0 Å². The number of fused-ring (bicyclic) bond motifs is 1. The van der Waals surface area contributed by atoms with Crippen molar-refractivity contribution < 1.29 is 18.7 Å². The SMILES string of the molecule is CC(N)C(=O)c1cc(C(C)F)cc2c1OCO2. The van der Waals surface area contributed by atoms with Gasteiger partial charge in [0.1, 0.15) is 6.17 Å². The Morgan fingerprint density at radius 3 is 2.71 bits per heavy atom. The van der Waals surface area contributed by atoms with E-state index in [4.69, 9.17) is 15.2 Å². The summed E-state index contributed by atoms with van der Waals surface area (Å²) in [5.74, 6) is 0.474. The van der Waals surface area contributed by atoms with Crippen LogP contribution in [0.2, 0.25) is 0 Å². The fourth-order valence-electron chi connectivity index (χ4n) is 1.69. The third kappa shape index (κ3) is 2.10. The molecule has 1 heterocycles. The van der Waals surface area contributed by atoms with Crippen LogP contribution >= 0.6 is 0 Å². The van der Waals surface area contributed by atoms with E-state index < -0.39 is 12.2 Å². The molecule has 0 spiro atoms. The Kier molecular flexibility index (Phi) is 3.02. The zero-order valence-electron chi connectivity index (χ0n) is 9.70. The molecular formula is C12H14FNO3. The molecule has 0 radical (unpaired) electrons. The second kappa shape index (κ2) is 4.33. The summed E-state index contributed by atoms with van der Waals surface area (Å²) in [5, 5.41) is 0. The van der Waals surface area contributed by atoms with Gasteiger partial charge >= 0.3 is 0 Å². The maximum absolute atomic E-state index is 13.3. The van der Waals surface area contributed by atoms with Gasteiger partial charge in [0.2, 0.25) is 6.79 Å². The zero-order valence-corrected chi connectivity index (χ0v) is 9.70. The number of carbonyl (C=O) groups excluding carboxylic acids is 1. The number of hydrogen-bond donors (Lipinski definition) is 1. The van der Waals surface area contributed by atoms with E-state index in [1.165, 1.54) is 13.0 Å². The number of halogens is 1. The van der Waals surface area contributed by atoms with E-state index in [0.29, 0.717) is 17.1 Å². The van der Waals surface area contributed by atoms with Crippen molar-refractivity contribution in [2.75, 3.05) is 6.79 Å². The third-order valence-corrected chi connectivity index (χ3v) is 2.63. The van der Waals surface area contributed by atoms with E-state index in [1.807, 2.05) is 0 Å². The molecule has 1 aliphatic rings. The molecule has 0 fully saturated rings. The smallest absolute Gasteiger partial charge is 0.231 e. The second-order valence-corrected chi connectivity index (χ2v) is 4.07. The number of carbonyl (C=O) groups is 1. The average Bonchev–Trinajstić information content (AvgIpc) is 2.74. The first-order valence-electron chi connectivity index (χ1n) is 5.38. The van der Waals surface area contributed by atoms with Crippen LogP contribution in [-0.4, -0.2) is 18.6 Å². The molecule has 0 saturated heterocycles. The molecule has 0 aliphatic carbocycles. The van der Waals surface area contributed by atoms with Crippen molar-refractivity contribution >= 4 is 5.78 Å². The molecule has 1 aromatic carbocycles. The van der Waals surface area contributed by atoms with Gasteiger partial charge in [0.05, 0.1) is 11.6 Å². The molecule has 0 amide bonds. The number of ether oxygens (including phenoxy) is 2. The van der Waals surface area contributed by atoms with E-state index in [9.17, 15) is 9.18 Å². The molecule has 5 heteroatoms. The number of benzene rings is 1. The van der Waals surface area contributed by atoms with Crippen LogP contribution in [0.25, 0.3) is 0 Å². The second-order valence-electron chi connectivity index (χ2n) is 4.07. The molecule has 1 aromatic rings. The lowest BCUT2D eigenvalue weighted by Crippen LogP contribution is -2.27. The normalized spacial score (nSPS) is 16.7. The van der Waals surface area contributed by atoms with Gasteiger partial charge < -0.3 is 15.2 Å². The first kappa shape index (κ1) is 11.9. The molecule has 0 aromatic heterocycles. The van der Waals surface area contributed by atoms with Crippen molar-refractivity contribution in [2.45, 2.75) is 26.1 Å². The van der Waals surface area contributed by atoms with Gasteiger partial charge in [0, 0.05) is 0 Å². The summed E-state index contributed by atoms with van der Waals surface area (Å²) in [5.41, 5.74) is 6.22.